The van der Waals surface area contributed by atoms with Gasteiger partial charge in [0.05, 0.1) is 15.5 Å². The molecule has 0 aliphatic carbocycles. The first-order valence-corrected chi connectivity index (χ1v) is 10.2. The summed E-state index contributed by atoms with van der Waals surface area (Å²) in [6.07, 6.45) is 2.10. The maximum atomic E-state index is 12.9. The van der Waals surface area contributed by atoms with Crippen molar-refractivity contribution in [1.82, 2.24) is 10.4 Å². The van der Waals surface area contributed by atoms with E-state index >= 15 is 0 Å². The number of carbonyl (C=O) groups is 2. The number of hydrazine groups is 1. The molecule has 0 bridgehead atoms. The van der Waals surface area contributed by atoms with Gasteiger partial charge in [0, 0.05) is 28.2 Å². The molecule has 34 heavy (non-hydrogen) atoms. The van der Waals surface area contributed by atoms with E-state index in [9.17, 15) is 29.8 Å². The SMILES string of the molecule is O=C1NN(c2ccccc2)C(=O)/C1=C\c1cc(Br)cc([N+](=O)[O-])c1Oc1ccc([N+](=O)[O-])cn1. The molecule has 0 unspecified atom stereocenters. The average molecular weight is 526 g/mol. The number of para-hydroxylation sites is 1. The molecule has 1 fully saturated rings. The van der Waals surface area contributed by atoms with Crippen LogP contribution in [0.1, 0.15) is 5.56 Å². The van der Waals surface area contributed by atoms with Gasteiger partial charge in [-0.05, 0) is 24.3 Å². The Labute approximate surface area is 198 Å². The highest BCUT2D eigenvalue weighted by atomic mass is 79.9. The second kappa shape index (κ2) is 9.07. The van der Waals surface area contributed by atoms with Crippen molar-refractivity contribution in [3.05, 3.63) is 96.6 Å². The zero-order valence-electron chi connectivity index (χ0n) is 16.9. The van der Waals surface area contributed by atoms with Gasteiger partial charge < -0.3 is 4.74 Å². The Morgan fingerprint density at radius 3 is 2.38 bits per heavy atom. The number of benzene rings is 2. The van der Waals surface area contributed by atoms with E-state index < -0.39 is 27.3 Å². The molecule has 2 aromatic carbocycles. The lowest BCUT2D eigenvalue weighted by atomic mass is 10.1. The van der Waals surface area contributed by atoms with Crippen molar-refractivity contribution >= 4 is 50.9 Å². The van der Waals surface area contributed by atoms with Gasteiger partial charge in [0.25, 0.3) is 17.5 Å². The van der Waals surface area contributed by atoms with Crippen molar-refractivity contribution in [2.45, 2.75) is 0 Å². The highest BCUT2D eigenvalue weighted by Crippen LogP contribution is 2.39. The Kier molecular flexibility index (Phi) is 6.01. The molecule has 2 amide bonds. The second-order valence-corrected chi connectivity index (χ2v) is 7.70. The Morgan fingerprint density at radius 2 is 1.76 bits per heavy atom. The number of carbonyl (C=O) groups excluding carboxylic acids is 2. The number of nitro benzene ring substituents is 1. The zero-order valence-corrected chi connectivity index (χ0v) is 18.5. The molecular weight excluding hydrogens is 514 g/mol. The predicted molar refractivity (Wildman–Crippen MR) is 122 cm³/mol. The minimum atomic E-state index is -0.712. The molecule has 1 saturated heterocycles. The highest BCUT2D eigenvalue weighted by molar-refractivity contribution is 9.10. The van der Waals surface area contributed by atoms with Crippen molar-refractivity contribution in [3.8, 4) is 11.6 Å². The Morgan fingerprint density at radius 1 is 1.03 bits per heavy atom. The topological polar surface area (TPSA) is 158 Å². The van der Waals surface area contributed by atoms with E-state index in [4.69, 9.17) is 4.74 Å². The van der Waals surface area contributed by atoms with Crippen LogP contribution in [0.15, 0.2) is 70.8 Å². The van der Waals surface area contributed by atoms with E-state index in [1.54, 1.807) is 30.3 Å². The summed E-state index contributed by atoms with van der Waals surface area (Å²) in [6, 6.07) is 13.3. The number of ether oxygens (including phenoxy) is 1. The smallest absolute Gasteiger partial charge is 0.313 e. The molecule has 1 N–H and O–H groups in total. The summed E-state index contributed by atoms with van der Waals surface area (Å²) >= 11 is 3.18. The van der Waals surface area contributed by atoms with Gasteiger partial charge >= 0.3 is 5.69 Å². The van der Waals surface area contributed by atoms with Crippen LogP contribution in [0.5, 0.6) is 11.6 Å². The molecule has 1 aliphatic rings. The lowest BCUT2D eigenvalue weighted by molar-refractivity contribution is -0.385. The van der Waals surface area contributed by atoms with Crippen LogP contribution in [0.3, 0.4) is 0 Å². The molecule has 2 heterocycles. The van der Waals surface area contributed by atoms with Crippen LogP contribution in [-0.2, 0) is 9.59 Å². The molecule has 0 radical (unpaired) electrons. The normalized spacial score (nSPS) is 14.3. The number of hydrogen-bond donors (Lipinski definition) is 1. The van der Waals surface area contributed by atoms with Gasteiger partial charge in [-0.3, -0.25) is 35.2 Å². The van der Waals surface area contributed by atoms with Crippen molar-refractivity contribution in [1.29, 1.82) is 0 Å². The summed E-state index contributed by atoms with van der Waals surface area (Å²) in [7, 11) is 0. The van der Waals surface area contributed by atoms with E-state index in [0.29, 0.717) is 10.2 Å². The van der Waals surface area contributed by atoms with Gasteiger partial charge in [-0.1, -0.05) is 34.1 Å². The van der Waals surface area contributed by atoms with Crippen molar-refractivity contribution < 1.29 is 24.2 Å². The molecule has 12 nitrogen and oxygen atoms in total. The van der Waals surface area contributed by atoms with E-state index in [-0.39, 0.29) is 28.5 Å². The number of hydrogen-bond acceptors (Lipinski definition) is 8. The van der Waals surface area contributed by atoms with Crippen molar-refractivity contribution in [3.63, 3.8) is 0 Å². The van der Waals surface area contributed by atoms with Crippen LogP contribution in [0.2, 0.25) is 0 Å². The van der Waals surface area contributed by atoms with Gasteiger partial charge in [-0.15, -0.1) is 0 Å². The fourth-order valence-corrected chi connectivity index (χ4v) is 3.53. The lowest BCUT2D eigenvalue weighted by Crippen LogP contribution is -2.35. The molecule has 4 rings (SSSR count). The second-order valence-electron chi connectivity index (χ2n) is 6.79. The van der Waals surface area contributed by atoms with Crippen molar-refractivity contribution in [2.24, 2.45) is 0 Å². The van der Waals surface area contributed by atoms with Gasteiger partial charge in [-0.2, -0.15) is 0 Å². The number of nitro groups is 2. The fraction of sp³-hybridized carbons (Fsp3) is 0. The summed E-state index contributed by atoms with van der Waals surface area (Å²) in [5, 5.41) is 23.6. The molecule has 0 atom stereocenters. The maximum absolute atomic E-state index is 12.9. The quantitative estimate of drug-likeness (QED) is 0.219. The van der Waals surface area contributed by atoms with Crippen LogP contribution in [-0.4, -0.2) is 26.6 Å². The van der Waals surface area contributed by atoms with Gasteiger partial charge in [0.2, 0.25) is 11.6 Å². The fourth-order valence-electron chi connectivity index (χ4n) is 3.07. The van der Waals surface area contributed by atoms with Crippen molar-refractivity contribution in [2.75, 3.05) is 5.01 Å². The molecule has 170 valence electrons. The van der Waals surface area contributed by atoms with Gasteiger partial charge in [-0.25, -0.2) is 9.99 Å². The highest BCUT2D eigenvalue weighted by Gasteiger charge is 2.35. The average Bonchev–Trinajstić information content (AvgIpc) is 3.09. The number of amides is 2. The molecule has 0 saturated carbocycles. The Hall–Kier alpha value is -4.65. The summed E-state index contributed by atoms with van der Waals surface area (Å²) in [6.45, 7) is 0. The number of anilines is 1. The standard InChI is InChI=1S/C21H12BrN5O7/c22-13-8-12(9-16-20(28)24-25(21(16)29)14-4-2-1-3-5-14)19(17(10-13)27(32)33)34-18-7-6-15(11-23-18)26(30)31/h1-11H,(H,24,28)/b16-9-. The van der Waals surface area contributed by atoms with Gasteiger partial charge in [0.1, 0.15) is 11.8 Å². The third kappa shape index (κ3) is 4.45. The van der Waals surface area contributed by atoms with Gasteiger partial charge in [0.15, 0.2) is 0 Å². The first kappa shape index (κ1) is 22.5. The van der Waals surface area contributed by atoms with E-state index in [1.807, 2.05) is 0 Å². The summed E-state index contributed by atoms with van der Waals surface area (Å²) in [5.41, 5.74) is 1.85. The molecule has 1 aliphatic heterocycles. The molecule has 0 spiro atoms. The van der Waals surface area contributed by atoms with Crippen LogP contribution in [0.4, 0.5) is 17.1 Å². The number of rotatable bonds is 6. The number of nitrogens with one attached hydrogen (secondary N) is 1. The molecule has 1 aromatic heterocycles. The largest absolute Gasteiger partial charge is 0.431 e. The van der Waals surface area contributed by atoms with E-state index in [1.165, 1.54) is 24.3 Å². The maximum Gasteiger partial charge on any atom is 0.313 e. The van der Waals surface area contributed by atoms with Crippen LogP contribution in [0.25, 0.3) is 6.08 Å². The van der Waals surface area contributed by atoms with E-state index in [0.717, 1.165) is 17.3 Å². The zero-order chi connectivity index (χ0) is 24.4. The first-order valence-electron chi connectivity index (χ1n) is 9.43. The van der Waals surface area contributed by atoms with Crippen LogP contribution < -0.4 is 15.2 Å². The minimum Gasteiger partial charge on any atom is -0.431 e. The predicted octanol–water partition coefficient (Wildman–Crippen LogP) is 3.91. The molecular formula is C21H12BrN5O7. The molecule has 3 aromatic rings. The third-order valence-electron chi connectivity index (χ3n) is 4.60. The minimum absolute atomic E-state index is 0.0367. The first-order chi connectivity index (χ1) is 16.2. The Bertz CT molecular complexity index is 1360. The summed E-state index contributed by atoms with van der Waals surface area (Å²) < 4.78 is 5.88. The summed E-state index contributed by atoms with van der Waals surface area (Å²) in [4.78, 5) is 50.4. The third-order valence-corrected chi connectivity index (χ3v) is 5.06. The van der Waals surface area contributed by atoms with Crippen LogP contribution in [0, 0.1) is 20.2 Å². The number of nitrogens with zero attached hydrogens (tertiary/aromatic N) is 4. The lowest BCUT2D eigenvalue weighted by Gasteiger charge is -2.14. The number of aromatic nitrogens is 1. The van der Waals surface area contributed by atoms with E-state index in [2.05, 4.69) is 26.3 Å². The van der Waals surface area contributed by atoms with Crippen LogP contribution >= 0.6 is 15.9 Å². The Balaban J connectivity index is 1.77. The number of pyridine rings is 1. The summed E-state index contributed by atoms with van der Waals surface area (Å²) in [5.74, 6) is -1.85. The monoisotopic (exact) mass is 525 g/mol. The number of halogens is 1. The molecule has 13 heteroatoms.